The van der Waals surface area contributed by atoms with E-state index in [0.717, 1.165) is 25.7 Å². The van der Waals surface area contributed by atoms with E-state index in [2.05, 4.69) is 21.2 Å². The van der Waals surface area contributed by atoms with Crippen LogP contribution in [0.15, 0.2) is 16.6 Å². The van der Waals surface area contributed by atoms with E-state index in [9.17, 15) is 4.39 Å². The van der Waals surface area contributed by atoms with Crippen LogP contribution in [-0.2, 0) is 4.74 Å². The van der Waals surface area contributed by atoms with E-state index in [1.807, 2.05) is 14.0 Å². The molecule has 118 valence electrons. The zero-order valence-corrected chi connectivity index (χ0v) is 14.9. The van der Waals surface area contributed by atoms with Crippen LogP contribution in [0.1, 0.15) is 50.6 Å². The fourth-order valence-electron chi connectivity index (χ4n) is 3.42. The van der Waals surface area contributed by atoms with Gasteiger partial charge in [-0.1, -0.05) is 36.9 Å². The summed E-state index contributed by atoms with van der Waals surface area (Å²) >= 11 is 9.32. The first-order valence-electron chi connectivity index (χ1n) is 7.50. The molecule has 5 heteroatoms. The number of hydrogen-bond donors (Lipinski definition) is 1. The Balaban J connectivity index is 2.43. The van der Waals surface area contributed by atoms with Gasteiger partial charge in [0.15, 0.2) is 0 Å². The van der Waals surface area contributed by atoms with Crippen molar-refractivity contribution >= 4 is 27.5 Å². The lowest BCUT2D eigenvalue weighted by molar-refractivity contribution is -0.0904. The van der Waals surface area contributed by atoms with E-state index >= 15 is 0 Å². The van der Waals surface area contributed by atoms with Gasteiger partial charge in [-0.05, 0) is 48.8 Å². The lowest BCUT2D eigenvalue weighted by Gasteiger charge is -2.43. The van der Waals surface area contributed by atoms with E-state index in [-0.39, 0.29) is 22.5 Å². The van der Waals surface area contributed by atoms with Gasteiger partial charge in [0.2, 0.25) is 0 Å². The molecule has 21 heavy (non-hydrogen) atoms. The Morgan fingerprint density at radius 1 is 1.38 bits per heavy atom. The van der Waals surface area contributed by atoms with Gasteiger partial charge in [-0.3, -0.25) is 0 Å². The normalized spacial score (nSPS) is 19.5. The molecular formula is C16H22BrClFNO. The molecule has 0 bridgehead atoms. The van der Waals surface area contributed by atoms with Gasteiger partial charge >= 0.3 is 0 Å². The zero-order valence-electron chi connectivity index (χ0n) is 12.5. The molecule has 0 spiro atoms. The molecule has 0 aliphatic heterocycles. The van der Waals surface area contributed by atoms with Crippen molar-refractivity contribution in [2.45, 2.75) is 50.7 Å². The summed E-state index contributed by atoms with van der Waals surface area (Å²) in [7, 11) is 1.86. The summed E-state index contributed by atoms with van der Waals surface area (Å²) < 4.78 is 21.3. The van der Waals surface area contributed by atoms with Gasteiger partial charge in [0.05, 0.1) is 16.7 Å². The molecule has 0 amide bonds. The van der Waals surface area contributed by atoms with Crippen molar-refractivity contribution in [2.24, 2.45) is 0 Å². The molecule has 1 saturated carbocycles. The van der Waals surface area contributed by atoms with Gasteiger partial charge in [0, 0.05) is 16.6 Å². The summed E-state index contributed by atoms with van der Waals surface area (Å²) in [5, 5.41) is 3.40. The molecule has 2 nitrogen and oxygen atoms in total. The molecule has 1 aliphatic rings. The van der Waals surface area contributed by atoms with Gasteiger partial charge in [0.25, 0.3) is 0 Å². The molecule has 2 rings (SSSR count). The molecule has 1 fully saturated rings. The molecule has 0 heterocycles. The second kappa shape index (κ2) is 7.40. The molecule has 1 aromatic carbocycles. The number of halogens is 3. The number of nitrogens with one attached hydrogen (secondary N) is 1. The Bertz CT molecular complexity index is 486. The number of benzene rings is 1. The van der Waals surface area contributed by atoms with Crippen molar-refractivity contribution in [3.63, 3.8) is 0 Å². The average Bonchev–Trinajstić information content (AvgIpc) is 2.49. The largest absolute Gasteiger partial charge is 0.373 e. The highest BCUT2D eigenvalue weighted by atomic mass is 79.9. The fraction of sp³-hybridized carbons (Fsp3) is 0.625. The van der Waals surface area contributed by atoms with Crippen LogP contribution in [-0.4, -0.2) is 19.3 Å². The van der Waals surface area contributed by atoms with Gasteiger partial charge in [-0.25, -0.2) is 4.39 Å². The van der Waals surface area contributed by atoms with Crippen molar-refractivity contribution in [1.82, 2.24) is 5.32 Å². The summed E-state index contributed by atoms with van der Waals surface area (Å²) in [6.07, 6.45) is 5.34. The molecule has 1 N–H and O–H groups in total. The maximum atomic E-state index is 14.6. The minimum Gasteiger partial charge on any atom is -0.373 e. The zero-order chi connectivity index (χ0) is 15.5. The Morgan fingerprint density at radius 3 is 2.62 bits per heavy atom. The van der Waals surface area contributed by atoms with Crippen molar-refractivity contribution < 1.29 is 9.13 Å². The molecule has 1 unspecified atom stereocenters. The molecule has 1 aromatic rings. The van der Waals surface area contributed by atoms with Crippen molar-refractivity contribution in [3.8, 4) is 0 Å². The molecule has 0 radical (unpaired) electrons. The van der Waals surface area contributed by atoms with Gasteiger partial charge < -0.3 is 10.1 Å². The Morgan fingerprint density at radius 2 is 2.05 bits per heavy atom. The maximum Gasteiger partial charge on any atom is 0.147 e. The number of ether oxygens (including phenoxy) is 1. The second-order valence-corrected chi connectivity index (χ2v) is 6.78. The van der Waals surface area contributed by atoms with Crippen LogP contribution in [0.4, 0.5) is 4.39 Å². The third-order valence-electron chi connectivity index (χ3n) is 4.32. The summed E-state index contributed by atoms with van der Waals surface area (Å²) in [5.74, 6) is -0.366. The van der Waals surface area contributed by atoms with Crippen LogP contribution < -0.4 is 5.32 Å². The van der Waals surface area contributed by atoms with Crippen molar-refractivity contribution in [2.75, 3.05) is 13.7 Å². The minimum atomic E-state index is -0.366. The van der Waals surface area contributed by atoms with E-state index in [4.69, 9.17) is 16.3 Å². The molecule has 0 aromatic heterocycles. The quantitative estimate of drug-likeness (QED) is 0.707. The third kappa shape index (κ3) is 3.44. The molecule has 1 atom stereocenters. The summed E-state index contributed by atoms with van der Waals surface area (Å²) in [4.78, 5) is 0. The van der Waals surface area contributed by atoms with Crippen molar-refractivity contribution in [3.05, 3.63) is 33.0 Å². The highest BCUT2D eigenvalue weighted by Gasteiger charge is 2.42. The first-order valence-corrected chi connectivity index (χ1v) is 8.67. The van der Waals surface area contributed by atoms with Crippen LogP contribution in [0.2, 0.25) is 5.02 Å². The van der Waals surface area contributed by atoms with E-state index in [1.165, 1.54) is 6.42 Å². The molecular weight excluding hydrogens is 357 g/mol. The third-order valence-corrected chi connectivity index (χ3v) is 5.58. The Labute approximate surface area is 139 Å². The lowest BCUT2D eigenvalue weighted by Crippen LogP contribution is -2.47. The van der Waals surface area contributed by atoms with E-state index in [1.54, 1.807) is 12.1 Å². The van der Waals surface area contributed by atoms with E-state index in [0.29, 0.717) is 16.6 Å². The topological polar surface area (TPSA) is 21.3 Å². The fourth-order valence-corrected chi connectivity index (χ4v) is 3.90. The SMILES string of the molecule is CCOC1(C(NC)c2ccc(Br)c(Cl)c2F)CCCCC1. The van der Waals surface area contributed by atoms with Crippen LogP contribution in [0.3, 0.4) is 0 Å². The monoisotopic (exact) mass is 377 g/mol. The van der Waals surface area contributed by atoms with Crippen molar-refractivity contribution in [1.29, 1.82) is 0 Å². The first kappa shape index (κ1) is 17.2. The smallest absolute Gasteiger partial charge is 0.147 e. The summed E-state index contributed by atoms with van der Waals surface area (Å²) in [6.45, 7) is 2.62. The van der Waals surface area contributed by atoms with E-state index < -0.39 is 0 Å². The summed E-state index contributed by atoms with van der Waals surface area (Å²) in [5.41, 5.74) is 0.237. The van der Waals surface area contributed by atoms with Crippen LogP contribution in [0.5, 0.6) is 0 Å². The Kier molecular flexibility index (Phi) is 6.06. The first-order chi connectivity index (χ1) is 10.1. The molecule has 0 saturated heterocycles. The molecule has 1 aliphatic carbocycles. The van der Waals surface area contributed by atoms with Crippen LogP contribution in [0, 0.1) is 5.82 Å². The predicted molar refractivity (Wildman–Crippen MR) is 88.4 cm³/mol. The van der Waals surface area contributed by atoms with Gasteiger partial charge in [-0.15, -0.1) is 0 Å². The summed E-state index contributed by atoms with van der Waals surface area (Å²) in [6, 6.07) is 3.40. The lowest BCUT2D eigenvalue weighted by atomic mass is 9.76. The number of rotatable bonds is 5. The predicted octanol–water partition coefficient (Wildman–Crippen LogP) is 5.24. The standard InChI is InChI=1S/C16H22BrClFNO/c1-3-21-16(9-5-4-6-10-16)15(20-2)11-7-8-12(17)13(18)14(11)19/h7-8,15,20H,3-6,9-10H2,1-2H3. The minimum absolute atomic E-state index is 0.134. The van der Waals surface area contributed by atoms with Crippen LogP contribution >= 0.6 is 27.5 Å². The Hall–Kier alpha value is -0.160. The van der Waals surface area contributed by atoms with Gasteiger partial charge in [0.1, 0.15) is 5.82 Å². The number of hydrogen-bond acceptors (Lipinski definition) is 2. The highest BCUT2D eigenvalue weighted by Crippen LogP contribution is 2.43. The average molecular weight is 379 g/mol. The highest BCUT2D eigenvalue weighted by molar-refractivity contribution is 9.10. The van der Waals surface area contributed by atoms with Crippen LogP contribution in [0.25, 0.3) is 0 Å². The number of likely N-dealkylation sites (N-methyl/N-ethyl adjacent to an activating group) is 1. The second-order valence-electron chi connectivity index (χ2n) is 5.54. The maximum absolute atomic E-state index is 14.6. The van der Waals surface area contributed by atoms with Gasteiger partial charge in [-0.2, -0.15) is 0 Å².